The Morgan fingerprint density at radius 1 is 1.25 bits per heavy atom. The number of hydrogen-bond acceptors (Lipinski definition) is 3. The van der Waals surface area contributed by atoms with Gasteiger partial charge in [0.2, 0.25) is 5.91 Å². The third-order valence-electron chi connectivity index (χ3n) is 4.12. The highest BCUT2D eigenvalue weighted by Crippen LogP contribution is 2.39. The van der Waals surface area contributed by atoms with E-state index in [2.05, 4.69) is 12.2 Å². The van der Waals surface area contributed by atoms with Crippen LogP contribution in [0.15, 0.2) is 12.2 Å². The molecule has 1 saturated heterocycles. The van der Waals surface area contributed by atoms with Gasteiger partial charge in [-0.3, -0.25) is 9.59 Å². The minimum Gasteiger partial charge on any atom is -0.481 e. The molecule has 2 N–H and O–H groups in total. The third-order valence-corrected chi connectivity index (χ3v) is 4.12. The minimum absolute atomic E-state index is 0.0756. The fourth-order valence-corrected chi connectivity index (χ4v) is 3.03. The lowest BCUT2D eigenvalue weighted by molar-refractivity contribution is -0.146. The molecule has 0 unspecified atom stereocenters. The Morgan fingerprint density at radius 3 is 2.50 bits per heavy atom. The predicted octanol–water partition coefficient (Wildman–Crippen LogP) is 1.73. The summed E-state index contributed by atoms with van der Waals surface area (Å²) in [6, 6.07) is 0.0756. The monoisotopic (exact) mass is 281 g/mol. The fourth-order valence-electron chi connectivity index (χ4n) is 3.03. The van der Waals surface area contributed by atoms with Gasteiger partial charge in [0.25, 0.3) is 0 Å². The van der Waals surface area contributed by atoms with Gasteiger partial charge in [-0.2, -0.15) is 0 Å². The number of nitrogens with one attached hydrogen (secondary N) is 1. The Morgan fingerprint density at radius 2 is 1.90 bits per heavy atom. The molecule has 2 aliphatic heterocycles. The standard InChI is InChI=1S/C15H23NO4/c1-3-4-5-6-9(2)16-14(17)12-10-7-8-11(20-10)13(12)15(18)19/h7-13H,3-6H2,1-2H3,(H,16,17)(H,18,19)/t9-,10-,11-,12-,13-/m0/s1. The van der Waals surface area contributed by atoms with Gasteiger partial charge in [-0.25, -0.2) is 0 Å². The van der Waals surface area contributed by atoms with Crippen LogP contribution in [-0.2, 0) is 14.3 Å². The normalized spacial score (nSPS) is 32.3. The first-order valence-corrected chi connectivity index (χ1v) is 7.41. The zero-order valence-corrected chi connectivity index (χ0v) is 12.0. The topological polar surface area (TPSA) is 75.6 Å². The maximum Gasteiger partial charge on any atom is 0.310 e. The lowest BCUT2D eigenvalue weighted by Gasteiger charge is -2.23. The SMILES string of the molecule is CCCCC[C@H](C)NC(=O)[C@@H]1[C@@H](C(=O)O)[C@@H]2C=C[C@@H]1O2. The van der Waals surface area contributed by atoms with Crippen LogP contribution in [0.5, 0.6) is 0 Å². The van der Waals surface area contributed by atoms with Crippen LogP contribution in [0, 0.1) is 11.8 Å². The third kappa shape index (κ3) is 3.03. The molecule has 0 radical (unpaired) electrons. The van der Waals surface area contributed by atoms with Crippen LogP contribution in [-0.4, -0.2) is 35.2 Å². The first-order valence-electron chi connectivity index (χ1n) is 7.41. The van der Waals surface area contributed by atoms with Crippen LogP contribution in [0.4, 0.5) is 0 Å². The van der Waals surface area contributed by atoms with E-state index in [1.807, 2.05) is 6.92 Å². The Labute approximate surface area is 119 Å². The van der Waals surface area contributed by atoms with Crippen LogP contribution in [0.25, 0.3) is 0 Å². The van der Waals surface area contributed by atoms with Crippen molar-refractivity contribution in [1.82, 2.24) is 5.32 Å². The summed E-state index contributed by atoms with van der Waals surface area (Å²) in [7, 11) is 0. The number of carbonyl (C=O) groups excluding carboxylic acids is 1. The summed E-state index contributed by atoms with van der Waals surface area (Å²) in [5, 5.41) is 12.2. The number of carboxylic acids is 1. The number of amides is 1. The molecule has 0 aromatic carbocycles. The maximum absolute atomic E-state index is 12.3. The van der Waals surface area contributed by atoms with E-state index in [4.69, 9.17) is 4.74 Å². The van der Waals surface area contributed by atoms with Crippen LogP contribution in [0.1, 0.15) is 39.5 Å². The average Bonchev–Trinajstić information content (AvgIpc) is 2.98. The van der Waals surface area contributed by atoms with Gasteiger partial charge in [0.05, 0.1) is 18.1 Å². The van der Waals surface area contributed by atoms with Crippen molar-refractivity contribution in [3.8, 4) is 0 Å². The molecular weight excluding hydrogens is 258 g/mol. The number of hydrogen-bond donors (Lipinski definition) is 2. The van der Waals surface area contributed by atoms with Gasteiger partial charge in [-0.15, -0.1) is 0 Å². The van der Waals surface area contributed by atoms with Gasteiger partial charge in [-0.05, 0) is 13.3 Å². The summed E-state index contributed by atoms with van der Waals surface area (Å²) >= 11 is 0. The van der Waals surface area contributed by atoms with Gasteiger partial charge in [0.1, 0.15) is 5.92 Å². The smallest absolute Gasteiger partial charge is 0.310 e. The molecule has 5 atom stereocenters. The quantitative estimate of drug-likeness (QED) is 0.550. The molecule has 5 nitrogen and oxygen atoms in total. The summed E-state index contributed by atoms with van der Waals surface area (Å²) in [6.07, 6.45) is 7.01. The number of fused-ring (bicyclic) bond motifs is 2. The second-order valence-electron chi connectivity index (χ2n) is 5.75. The van der Waals surface area contributed by atoms with Crippen LogP contribution in [0.3, 0.4) is 0 Å². The number of aliphatic carboxylic acids is 1. The molecular formula is C15H23NO4. The van der Waals surface area contributed by atoms with Crippen molar-refractivity contribution in [2.45, 2.75) is 57.8 Å². The molecule has 20 heavy (non-hydrogen) atoms. The Kier molecular flexibility index (Phi) is 4.81. The van der Waals surface area contributed by atoms with E-state index >= 15 is 0 Å². The zero-order chi connectivity index (χ0) is 14.7. The second kappa shape index (κ2) is 6.39. The Balaban J connectivity index is 1.91. The summed E-state index contributed by atoms with van der Waals surface area (Å²) in [5.41, 5.74) is 0. The molecule has 1 amide bonds. The van der Waals surface area contributed by atoms with Gasteiger partial charge >= 0.3 is 5.97 Å². The van der Waals surface area contributed by atoms with Crippen LogP contribution in [0.2, 0.25) is 0 Å². The van der Waals surface area contributed by atoms with E-state index in [-0.39, 0.29) is 18.1 Å². The van der Waals surface area contributed by atoms with Gasteiger partial charge in [0, 0.05) is 6.04 Å². The van der Waals surface area contributed by atoms with E-state index in [0.29, 0.717) is 0 Å². The molecule has 112 valence electrons. The van der Waals surface area contributed by atoms with Crippen molar-refractivity contribution in [3.63, 3.8) is 0 Å². The molecule has 0 aromatic heterocycles. The molecule has 1 fully saturated rings. The molecule has 2 heterocycles. The fraction of sp³-hybridized carbons (Fsp3) is 0.733. The van der Waals surface area contributed by atoms with Gasteiger partial charge in [0.15, 0.2) is 0 Å². The molecule has 2 bridgehead atoms. The second-order valence-corrected chi connectivity index (χ2v) is 5.75. The van der Waals surface area contributed by atoms with Crippen molar-refractivity contribution in [3.05, 3.63) is 12.2 Å². The van der Waals surface area contributed by atoms with Crippen molar-refractivity contribution in [2.24, 2.45) is 11.8 Å². The lowest BCUT2D eigenvalue weighted by Crippen LogP contribution is -2.45. The minimum atomic E-state index is -0.958. The van der Waals surface area contributed by atoms with E-state index in [1.54, 1.807) is 12.2 Å². The number of ether oxygens (including phenoxy) is 1. The van der Waals surface area contributed by atoms with Gasteiger partial charge in [-0.1, -0.05) is 38.3 Å². The number of unbranched alkanes of at least 4 members (excludes halogenated alkanes) is 2. The molecule has 5 heteroatoms. The van der Waals surface area contributed by atoms with E-state index in [0.717, 1.165) is 25.7 Å². The molecule has 0 aromatic rings. The summed E-state index contributed by atoms with van der Waals surface area (Å²) in [6.45, 7) is 4.10. The molecule has 0 saturated carbocycles. The number of carboxylic acid groups (broad SMARTS) is 1. The highest BCUT2D eigenvalue weighted by atomic mass is 16.5. The molecule has 0 spiro atoms. The zero-order valence-electron chi connectivity index (χ0n) is 12.0. The number of carbonyl (C=O) groups is 2. The van der Waals surface area contributed by atoms with Gasteiger partial charge < -0.3 is 15.2 Å². The largest absolute Gasteiger partial charge is 0.481 e. The Bertz CT molecular complexity index is 407. The van der Waals surface area contributed by atoms with Crippen molar-refractivity contribution in [2.75, 3.05) is 0 Å². The van der Waals surface area contributed by atoms with E-state index in [1.165, 1.54) is 0 Å². The average molecular weight is 281 g/mol. The number of rotatable bonds is 7. The highest BCUT2D eigenvalue weighted by Gasteiger charge is 2.53. The van der Waals surface area contributed by atoms with Crippen LogP contribution < -0.4 is 5.32 Å². The Hall–Kier alpha value is -1.36. The maximum atomic E-state index is 12.3. The van der Waals surface area contributed by atoms with Crippen molar-refractivity contribution in [1.29, 1.82) is 0 Å². The molecule has 0 aliphatic carbocycles. The summed E-state index contributed by atoms with van der Waals surface area (Å²) in [5.74, 6) is -2.51. The van der Waals surface area contributed by atoms with Crippen molar-refractivity contribution >= 4 is 11.9 Å². The first kappa shape index (κ1) is 15.0. The lowest BCUT2D eigenvalue weighted by atomic mass is 9.82. The molecule has 2 aliphatic rings. The molecule has 2 rings (SSSR count). The predicted molar refractivity (Wildman–Crippen MR) is 74.2 cm³/mol. The van der Waals surface area contributed by atoms with E-state index in [9.17, 15) is 14.7 Å². The first-order chi connectivity index (χ1) is 9.54. The summed E-state index contributed by atoms with van der Waals surface area (Å²) in [4.78, 5) is 23.6. The van der Waals surface area contributed by atoms with Crippen molar-refractivity contribution < 1.29 is 19.4 Å². The van der Waals surface area contributed by atoms with E-state index < -0.39 is 23.9 Å². The van der Waals surface area contributed by atoms with Crippen LogP contribution >= 0.6 is 0 Å². The summed E-state index contributed by atoms with van der Waals surface area (Å²) < 4.78 is 5.51. The highest BCUT2D eigenvalue weighted by molar-refractivity contribution is 5.87.